The number of phosphoric acid groups is 1. The van der Waals surface area contributed by atoms with Gasteiger partial charge in [0.05, 0.1) is 27.7 Å². The highest BCUT2D eigenvalue weighted by molar-refractivity contribution is 7.47. The highest BCUT2D eigenvalue weighted by atomic mass is 31.2. The van der Waals surface area contributed by atoms with Gasteiger partial charge < -0.3 is 18.9 Å². The predicted octanol–water partition coefficient (Wildman–Crippen LogP) is 22.5. The van der Waals surface area contributed by atoms with E-state index < -0.39 is 26.5 Å². The summed E-state index contributed by atoms with van der Waals surface area (Å²) >= 11 is 0. The molecule has 482 valence electrons. The van der Waals surface area contributed by atoms with E-state index in [-0.39, 0.29) is 32.0 Å². The Morgan fingerprint density at radius 1 is 0.386 bits per heavy atom. The van der Waals surface area contributed by atoms with E-state index in [1.165, 1.54) is 212 Å². The summed E-state index contributed by atoms with van der Waals surface area (Å²) in [4.78, 5) is 35.8. The molecule has 0 radical (unpaired) electrons. The van der Waals surface area contributed by atoms with E-state index >= 15 is 0 Å². The number of unbranched alkanes of at least 4 members (excludes halogenated alkanes) is 36. The molecule has 0 spiro atoms. The minimum atomic E-state index is -4.41. The average Bonchev–Trinajstić information content (AvgIpc) is 3.49. The van der Waals surface area contributed by atoms with E-state index in [1.54, 1.807) is 0 Å². The summed E-state index contributed by atoms with van der Waals surface area (Å²) in [6.45, 7) is 4.29. The summed E-state index contributed by atoms with van der Waals surface area (Å²) in [6, 6.07) is 0. The summed E-state index contributed by atoms with van der Waals surface area (Å²) in [6.07, 6.45) is 87.2. The fraction of sp³-hybridized carbons (Fsp3) is 0.781. The SMILES string of the molecule is CC/C=C\C/C=C\C/C=C\C/C=C\C/C=C\C/C=C\C/C=C\CCCC(=O)OC(COC(=O)CCCCCCCCCCCCCCCCCCCCCCCCCCCCCCCCCCCCCC)COP(=O)(O)OCC[N+](C)(C)C. The molecule has 0 rings (SSSR count). The van der Waals surface area contributed by atoms with Gasteiger partial charge in [-0.1, -0.05) is 324 Å². The number of hydrogen-bond donors (Lipinski definition) is 1. The third kappa shape index (κ3) is 68.2. The Balaban J connectivity index is 4.03. The van der Waals surface area contributed by atoms with Crippen molar-refractivity contribution in [1.29, 1.82) is 0 Å². The lowest BCUT2D eigenvalue weighted by Crippen LogP contribution is -2.37. The lowest BCUT2D eigenvalue weighted by Gasteiger charge is -2.24. The van der Waals surface area contributed by atoms with Gasteiger partial charge in [-0.15, -0.1) is 0 Å². The molecule has 0 aliphatic rings. The highest BCUT2D eigenvalue weighted by Crippen LogP contribution is 2.43. The van der Waals surface area contributed by atoms with Crippen molar-refractivity contribution in [2.45, 2.75) is 322 Å². The maximum atomic E-state index is 12.8. The Morgan fingerprint density at radius 3 is 1.01 bits per heavy atom. The molecule has 2 unspecified atom stereocenters. The van der Waals surface area contributed by atoms with Crippen LogP contribution in [0.3, 0.4) is 0 Å². The van der Waals surface area contributed by atoms with Crippen molar-refractivity contribution in [3.63, 3.8) is 0 Å². The molecule has 0 aliphatic carbocycles. The van der Waals surface area contributed by atoms with Gasteiger partial charge in [0.1, 0.15) is 19.8 Å². The molecule has 2 atom stereocenters. The number of likely N-dealkylation sites (N-methyl/N-ethyl adjacent to an activating group) is 1. The Bertz CT molecular complexity index is 1680. The van der Waals surface area contributed by atoms with Crippen LogP contribution >= 0.6 is 7.82 Å². The second-order valence-corrected chi connectivity index (χ2v) is 26.0. The zero-order valence-electron chi connectivity index (χ0n) is 54.9. The first kappa shape index (κ1) is 80.2. The molecule has 0 aromatic heterocycles. The van der Waals surface area contributed by atoms with Gasteiger partial charge >= 0.3 is 19.8 Å². The van der Waals surface area contributed by atoms with Crippen LogP contribution < -0.4 is 0 Å². The van der Waals surface area contributed by atoms with Crippen LogP contribution in [0.2, 0.25) is 0 Å². The molecule has 0 heterocycles. The number of carbonyl (C=O) groups excluding carboxylic acids is 2. The number of quaternary nitrogens is 1. The average molecular weight is 1180 g/mol. The maximum Gasteiger partial charge on any atom is 0.472 e. The van der Waals surface area contributed by atoms with E-state index in [0.29, 0.717) is 23.9 Å². The second-order valence-electron chi connectivity index (χ2n) is 24.5. The zero-order valence-corrected chi connectivity index (χ0v) is 55.8. The summed E-state index contributed by atoms with van der Waals surface area (Å²) < 4.78 is 34.6. The molecule has 83 heavy (non-hydrogen) atoms. The maximum absolute atomic E-state index is 12.8. The largest absolute Gasteiger partial charge is 0.472 e. The number of ether oxygens (including phenoxy) is 2. The number of nitrogens with zero attached hydrogens (tertiary/aromatic N) is 1. The van der Waals surface area contributed by atoms with Gasteiger partial charge in [0.15, 0.2) is 6.10 Å². The minimum absolute atomic E-state index is 0.0180. The van der Waals surface area contributed by atoms with Crippen molar-refractivity contribution in [3.05, 3.63) is 85.1 Å². The molecule has 0 aromatic carbocycles. The van der Waals surface area contributed by atoms with Crippen LogP contribution in [0.15, 0.2) is 85.1 Å². The Morgan fingerprint density at radius 2 is 0.687 bits per heavy atom. The summed E-state index contributed by atoms with van der Waals surface area (Å²) in [5.41, 5.74) is 0. The fourth-order valence-corrected chi connectivity index (χ4v) is 10.6. The van der Waals surface area contributed by atoms with Crippen LogP contribution in [0.4, 0.5) is 0 Å². The second kappa shape index (κ2) is 63.7. The van der Waals surface area contributed by atoms with Gasteiger partial charge in [-0.25, -0.2) is 4.57 Å². The molecule has 0 fully saturated rings. The first-order valence-corrected chi connectivity index (χ1v) is 36.3. The Labute approximate surface area is 513 Å². The summed E-state index contributed by atoms with van der Waals surface area (Å²) in [7, 11) is 1.44. The molecule has 9 nitrogen and oxygen atoms in total. The van der Waals surface area contributed by atoms with Gasteiger partial charge in [-0.05, 0) is 64.2 Å². The summed E-state index contributed by atoms with van der Waals surface area (Å²) in [5.74, 6) is -0.860. The zero-order chi connectivity index (χ0) is 60.5. The quantitative estimate of drug-likeness (QED) is 0.0211. The van der Waals surface area contributed by atoms with Gasteiger partial charge in [0, 0.05) is 12.8 Å². The topological polar surface area (TPSA) is 108 Å². The molecular weight excluding hydrogens is 1050 g/mol. The minimum Gasteiger partial charge on any atom is -0.462 e. The molecule has 0 bridgehead atoms. The smallest absolute Gasteiger partial charge is 0.462 e. The Hall–Kier alpha value is -2.81. The lowest BCUT2D eigenvalue weighted by atomic mass is 10.0. The molecule has 0 aliphatic heterocycles. The standard InChI is InChI=1S/C73H132NO8P/c1-6-8-10-12-14-16-18-20-22-24-26-28-30-31-32-33-34-35-36-37-38-39-40-41-42-44-45-47-49-51-53-55-57-59-61-63-65-72(75)79-69-71(70-81-83(77,78)80-68-67-74(3,4)5)82-73(76)66-64-62-60-58-56-54-52-50-48-46-43-29-27-25-23-21-19-17-15-13-11-9-7-2/h9,11,15,17,21,23,27,29,46,48,52,54,58,60,71H,6-8,10,12-14,16,18-20,22,24-26,28,30-45,47,49-51,53,55-57,59,61-70H2,1-5H3/p+1/b11-9-,17-15-,23-21-,29-27-,48-46-,54-52-,60-58-. The molecule has 0 saturated carbocycles. The van der Waals surface area contributed by atoms with Gasteiger partial charge in [0.2, 0.25) is 0 Å². The van der Waals surface area contributed by atoms with Crippen molar-refractivity contribution in [2.75, 3.05) is 47.5 Å². The number of esters is 2. The van der Waals surface area contributed by atoms with Crippen molar-refractivity contribution < 1.29 is 42.1 Å². The van der Waals surface area contributed by atoms with Crippen LogP contribution in [-0.4, -0.2) is 74.9 Å². The van der Waals surface area contributed by atoms with E-state index in [0.717, 1.165) is 64.2 Å². The molecular formula is C73H133NO8P+. The lowest BCUT2D eigenvalue weighted by molar-refractivity contribution is -0.870. The van der Waals surface area contributed by atoms with Crippen LogP contribution in [0.25, 0.3) is 0 Å². The highest BCUT2D eigenvalue weighted by Gasteiger charge is 2.27. The molecule has 0 amide bonds. The molecule has 1 N–H and O–H groups in total. The van der Waals surface area contributed by atoms with E-state index in [2.05, 4.69) is 98.9 Å². The normalized spacial score (nSPS) is 13.7. The van der Waals surface area contributed by atoms with Gasteiger partial charge in [-0.3, -0.25) is 18.6 Å². The first-order valence-electron chi connectivity index (χ1n) is 34.8. The van der Waals surface area contributed by atoms with Crippen LogP contribution in [0.5, 0.6) is 0 Å². The van der Waals surface area contributed by atoms with Crippen LogP contribution in [-0.2, 0) is 32.7 Å². The number of allylic oxidation sites excluding steroid dienone is 14. The van der Waals surface area contributed by atoms with E-state index in [9.17, 15) is 19.0 Å². The van der Waals surface area contributed by atoms with E-state index in [4.69, 9.17) is 18.5 Å². The monoisotopic (exact) mass is 1180 g/mol. The number of phosphoric ester groups is 1. The third-order valence-corrected chi connectivity index (χ3v) is 16.2. The predicted molar refractivity (Wildman–Crippen MR) is 358 cm³/mol. The Kier molecular flexibility index (Phi) is 61.5. The molecule has 0 saturated heterocycles. The van der Waals surface area contributed by atoms with Crippen molar-refractivity contribution in [3.8, 4) is 0 Å². The fourth-order valence-electron chi connectivity index (χ4n) is 9.89. The summed E-state index contributed by atoms with van der Waals surface area (Å²) in [5, 5.41) is 0. The molecule has 10 heteroatoms. The van der Waals surface area contributed by atoms with Crippen LogP contribution in [0, 0.1) is 0 Å². The number of rotatable bonds is 64. The van der Waals surface area contributed by atoms with E-state index in [1.807, 2.05) is 21.1 Å². The van der Waals surface area contributed by atoms with Crippen molar-refractivity contribution in [2.24, 2.45) is 0 Å². The van der Waals surface area contributed by atoms with Crippen molar-refractivity contribution >= 4 is 19.8 Å². The first-order chi connectivity index (χ1) is 40.5. The molecule has 0 aromatic rings. The van der Waals surface area contributed by atoms with Gasteiger partial charge in [-0.2, -0.15) is 0 Å². The number of carbonyl (C=O) groups is 2. The van der Waals surface area contributed by atoms with Crippen molar-refractivity contribution in [1.82, 2.24) is 0 Å². The van der Waals surface area contributed by atoms with Crippen LogP contribution in [0.1, 0.15) is 316 Å². The number of hydrogen-bond acceptors (Lipinski definition) is 7. The van der Waals surface area contributed by atoms with Gasteiger partial charge in [0.25, 0.3) is 0 Å². The third-order valence-electron chi connectivity index (χ3n) is 15.2.